The lowest BCUT2D eigenvalue weighted by atomic mass is 10.1. The van der Waals surface area contributed by atoms with E-state index >= 15 is 0 Å². The molecule has 0 spiro atoms. The van der Waals surface area contributed by atoms with Gasteiger partial charge in [0.15, 0.2) is 0 Å². The molecular formula is C16H22ClN3O2. The van der Waals surface area contributed by atoms with Gasteiger partial charge < -0.3 is 15.5 Å². The van der Waals surface area contributed by atoms with Crippen LogP contribution in [0.2, 0.25) is 5.02 Å². The Bertz CT molecular complexity index is 533. The summed E-state index contributed by atoms with van der Waals surface area (Å²) in [4.78, 5) is 26.3. The van der Waals surface area contributed by atoms with Crippen LogP contribution in [0.15, 0.2) is 24.3 Å². The second-order valence-electron chi connectivity index (χ2n) is 5.70. The van der Waals surface area contributed by atoms with E-state index in [1.165, 1.54) is 0 Å². The lowest BCUT2D eigenvalue weighted by molar-refractivity contribution is -0.131. The molecule has 1 aromatic carbocycles. The molecular weight excluding hydrogens is 302 g/mol. The van der Waals surface area contributed by atoms with Gasteiger partial charge in [0.1, 0.15) is 6.04 Å². The lowest BCUT2D eigenvalue weighted by Gasteiger charge is -2.22. The average molecular weight is 324 g/mol. The van der Waals surface area contributed by atoms with Crippen LogP contribution in [0.5, 0.6) is 0 Å². The van der Waals surface area contributed by atoms with Crippen molar-refractivity contribution in [3.63, 3.8) is 0 Å². The molecule has 1 fully saturated rings. The van der Waals surface area contributed by atoms with Gasteiger partial charge in [-0.2, -0.15) is 0 Å². The Labute approximate surface area is 136 Å². The molecule has 1 aliphatic heterocycles. The number of benzene rings is 1. The zero-order valence-electron chi connectivity index (χ0n) is 12.9. The monoisotopic (exact) mass is 323 g/mol. The molecule has 2 atom stereocenters. The summed E-state index contributed by atoms with van der Waals surface area (Å²) in [5.41, 5.74) is 0.499. The SMILES string of the molecule is CNCC1CCN(C(=O)C(C)NC(=O)c2ccc(Cl)cc2)C1. The molecule has 0 aromatic heterocycles. The third kappa shape index (κ3) is 4.21. The molecule has 6 heteroatoms. The fraction of sp³-hybridized carbons (Fsp3) is 0.500. The molecule has 1 aliphatic rings. The third-order valence-electron chi connectivity index (χ3n) is 3.91. The fourth-order valence-corrected chi connectivity index (χ4v) is 2.83. The number of hydrogen-bond acceptors (Lipinski definition) is 3. The number of halogens is 1. The van der Waals surface area contributed by atoms with Crippen molar-refractivity contribution >= 4 is 23.4 Å². The number of likely N-dealkylation sites (tertiary alicyclic amines) is 1. The fourth-order valence-electron chi connectivity index (χ4n) is 2.70. The molecule has 22 heavy (non-hydrogen) atoms. The van der Waals surface area contributed by atoms with Crippen LogP contribution < -0.4 is 10.6 Å². The summed E-state index contributed by atoms with van der Waals surface area (Å²) >= 11 is 5.80. The Hall–Kier alpha value is -1.59. The highest BCUT2D eigenvalue weighted by Crippen LogP contribution is 2.16. The quantitative estimate of drug-likeness (QED) is 0.864. The number of carbonyl (C=O) groups excluding carboxylic acids is 2. The van der Waals surface area contributed by atoms with Crippen molar-refractivity contribution in [2.24, 2.45) is 5.92 Å². The number of nitrogens with zero attached hydrogens (tertiary/aromatic N) is 1. The zero-order valence-corrected chi connectivity index (χ0v) is 13.7. The molecule has 2 amide bonds. The predicted molar refractivity (Wildman–Crippen MR) is 87.0 cm³/mol. The summed E-state index contributed by atoms with van der Waals surface area (Å²) in [7, 11) is 1.92. The Kier molecular flexibility index (Phi) is 5.80. The first-order valence-corrected chi connectivity index (χ1v) is 7.89. The van der Waals surface area contributed by atoms with Crippen LogP contribution in [0, 0.1) is 5.92 Å². The molecule has 1 saturated heterocycles. The van der Waals surface area contributed by atoms with E-state index in [0.717, 1.165) is 26.1 Å². The Balaban J connectivity index is 1.88. The number of rotatable bonds is 5. The smallest absolute Gasteiger partial charge is 0.251 e. The van der Waals surface area contributed by atoms with Crippen LogP contribution in [0.1, 0.15) is 23.7 Å². The highest BCUT2D eigenvalue weighted by molar-refractivity contribution is 6.30. The summed E-state index contributed by atoms with van der Waals surface area (Å²) in [6.45, 7) is 4.14. The average Bonchev–Trinajstić information content (AvgIpc) is 2.96. The Morgan fingerprint density at radius 2 is 2.05 bits per heavy atom. The van der Waals surface area contributed by atoms with E-state index in [1.807, 2.05) is 11.9 Å². The molecule has 1 heterocycles. The van der Waals surface area contributed by atoms with Crippen molar-refractivity contribution in [2.75, 3.05) is 26.7 Å². The molecule has 1 aromatic rings. The van der Waals surface area contributed by atoms with Crippen molar-refractivity contribution in [3.05, 3.63) is 34.9 Å². The van der Waals surface area contributed by atoms with Gasteiger partial charge in [-0.25, -0.2) is 0 Å². The topological polar surface area (TPSA) is 61.4 Å². The molecule has 0 bridgehead atoms. The Morgan fingerprint density at radius 3 is 2.68 bits per heavy atom. The standard InChI is InChI=1S/C16H22ClN3O2/c1-11(16(22)20-8-7-12(10-20)9-18-2)19-15(21)13-3-5-14(17)6-4-13/h3-6,11-12,18H,7-10H2,1-2H3,(H,19,21). The summed E-state index contributed by atoms with van der Waals surface area (Å²) in [5.74, 6) is 0.206. The van der Waals surface area contributed by atoms with Crippen molar-refractivity contribution in [2.45, 2.75) is 19.4 Å². The lowest BCUT2D eigenvalue weighted by Crippen LogP contribution is -2.46. The van der Waals surface area contributed by atoms with Crippen LogP contribution in [-0.2, 0) is 4.79 Å². The van der Waals surface area contributed by atoms with Gasteiger partial charge in [-0.3, -0.25) is 9.59 Å². The maximum Gasteiger partial charge on any atom is 0.251 e. The first-order chi connectivity index (χ1) is 10.5. The van der Waals surface area contributed by atoms with Crippen LogP contribution in [0.4, 0.5) is 0 Å². The van der Waals surface area contributed by atoms with Gasteiger partial charge in [0.2, 0.25) is 5.91 Å². The van der Waals surface area contributed by atoms with Crippen molar-refractivity contribution in [3.8, 4) is 0 Å². The minimum absolute atomic E-state index is 0.0269. The second-order valence-corrected chi connectivity index (χ2v) is 6.14. The number of amides is 2. The second kappa shape index (κ2) is 7.61. The van der Waals surface area contributed by atoms with Crippen LogP contribution in [0.3, 0.4) is 0 Å². The van der Waals surface area contributed by atoms with E-state index in [9.17, 15) is 9.59 Å². The summed E-state index contributed by atoms with van der Waals surface area (Å²) in [5, 5.41) is 6.47. The highest BCUT2D eigenvalue weighted by atomic mass is 35.5. The van der Waals surface area contributed by atoms with E-state index in [-0.39, 0.29) is 11.8 Å². The van der Waals surface area contributed by atoms with Crippen LogP contribution in [-0.4, -0.2) is 49.4 Å². The predicted octanol–water partition coefficient (Wildman–Crippen LogP) is 1.53. The molecule has 0 radical (unpaired) electrons. The molecule has 120 valence electrons. The maximum atomic E-state index is 12.4. The largest absolute Gasteiger partial charge is 0.341 e. The number of hydrogen-bond donors (Lipinski definition) is 2. The van der Waals surface area contributed by atoms with Crippen LogP contribution in [0.25, 0.3) is 0 Å². The van der Waals surface area contributed by atoms with Gasteiger partial charge in [0.05, 0.1) is 0 Å². The van der Waals surface area contributed by atoms with Gasteiger partial charge in [-0.1, -0.05) is 11.6 Å². The van der Waals surface area contributed by atoms with E-state index in [4.69, 9.17) is 11.6 Å². The molecule has 2 unspecified atom stereocenters. The van der Waals surface area contributed by atoms with Crippen LogP contribution >= 0.6 is 11.6 Å². The highest BCUT2D eigenvalue weighted by Gasteiger charge is 2.29. The maximum absolute atomic E-state index is 12.4. The molecule has 2 rings (SSSR count). The molecule has 2 N–H and O–H groups in total. The van der Waals surface area contributed by atoms with Gasteiger partial charge in [-0.15, -0.1) is 0 Å². The minimum Gasteiger partial charge on any atom is -0.341 e. The van der Waals surface area contributed by atoms with Crippen molar-refractivity contribution in [1.29, 1.82) is 0 Å². The first kappa shape index (κ1) is 16.8. The summed E-state index contributed by atoms with van der Waals surface area (Å²) in [6.07, 6.45) is 1.00. The van der Waals surface area contributed by atoms with Crippen molar-refractivity contribution < 1.29 is 9.59 Å². The zero-order chi connectivity index (χ0) is 16.1. The van der Waals surface area contributed by atoms with Gasteiger partial charge in [0.25, 0.3) is 5.91 Å². The minimum atomic E-state index is -0.531. The van der Waals surface area contributed by atoms with E-state index in [2.05, 4.69) is 10.6 Å². The number of carbonyl (C=O) groups is 2. The Morgan fingerprint density at radius 1 is 1.36 bits per heavy atom. The first-order valence-electron chi connectivity index (χ1n) is 7.51. The van der Waals surface area contributed by atoms with Gasteiger partial charge in [0, 0.05) is 23.7 Å². The molecule has 0 saturated carbocycles. The molecule has 0 aliphatic carbocycles. The van der Waals surface area contributed by atoms with Crippen molar-refractivity contribution in [1.82, 2.24) is 15.5 Å². The summed E-state index contributed by atoms with van der Waals surface area (Å²) in [6, 6.07) is 6.08. The third-order valence-corrected chi connectivity index (χ3v) is 4.17. The summed E-state index contributed by atoms with van der Waals surface area (Å²) < 4.78 is 0. The van der Waals surface area contributed by atoms with Gasteiger partial charge in [-0.05, 0) is 57.1 Å². The van der Waals surface area contributed by atoms with E-state index in [0.29, 0.717) is 16.5 Å². The van der Waals surface area contributed by atoms with E-state index < -0.39 is 6.04 Å². The van der Waals surface area contributed by atoms with Gasteiger partial charge >= 0.3 is 0 Å². The normalized spacial score (nSPS) is 19.0. The number of nitrogens with one attached hydrogen (secondary N) is 2. The molecule has 5 nitrogen and oxygen atoms in total. The van der Waals surface area contributed by atoms with E-state index in [1.54, 1.807) is 31.2 Å².